The highest BCUT2D eigenvalue weighted by Crippen LogP contribution is 2.36. The first-order valence-corrected chi connectivity index (χ1v) is 10.5. The number of carbonyl (C=O) groups is 1. The van der Waals surface area contributed by atoms with Crippen molar-refractivity contribution in [1.82, 2.24) is 0 Å². The second kappa shape index (κ2) is 12.1. The van der Waals surface area contributed by atoms with Gasteiger partial charge >= 0.3 is 0 Å². The number of unbranched alkanes of at least 4 members (excludes halogenated alkanes) is 2. The fourth-order valence-electron chi connectivity index (χ4n) is 4.04. The quantitative estimate of drug-likeness (QED) is 0.360. The van der Waals surface area contributed by atoms with E-state index >= 15 is 0 Å². The zero-order chi connectivity index (χ0) is 18.6. The molecule has 0 aromatic heterocycles. The highest BCUT2D eigenvalue weighted by Gasteiger charge is 2.32. The number of ketones is 1. The molecule has 1 N–H and O–H groups in total. The molecule has 0 saturated heterocycles. The van der Waals surface area contributed by atoms with E-state index in [-0.39, 0.29) is 11.9 Å². The van der Waals surface area contributed by atoms with Gasteiger partial charge in [0.15, 0.2) is 0 Å². The van der Waals surface area contributed by atoms with E-state index in [1.54, 1.807) is 6.92 Å². The van der Waals surface area contributed by atoms with Gasteiger partial charge in [-0.05, 0) is 83.0 Å². The summed E-state index contributed by atoms with van der Waals surface area (Å²) in [6.45, 7) is 1.65. The van der Waals surface area contributed by atoms with Crippen molar-refractivity contribution in [2.75, 3.05) is 0 Å². The summed E-state index contributed by atoms with van der Waals surface area (Å²) in [6, 6.07) is 0. The molecule has 2 aliphatic carbocycles. The summed E-state index contributed by atoms with van der Waals surface area (Å²) in [5.74, 6) is 1.14. The summed E-state index contributed by atoms with van der Waals surface area (Å²) in [5, 5.41) is 10.3. The predicted octanol–water partition coefficient (Wildman–Crippen LogP) is 6.08. The van der Waals surface area contributed by atoms with Gasteiger partial charge in [-0.25, -0.2) is 0 Å². The Bertz CT molecular complexity index is 538. The fourth-order valence-corrected chi connectivity index (χ4v) is 4.04. The molecule has 1 saturated carbocycles. The van der Waals surface area contributed by atoms with Crippen LogP contribution in [0.1, 0.15) is 77.6 Å². The molecule has 2 heteroatoms. The van der Waals surface area contributed by atoms with Crippen LogP contribution in [-0.2, 0) is 4.79 Å². The molecule has 0 amide bonds. The van der Waals surface area contributed by atoms with Gasteiger partial charge in [0, 0.05) is 6.42 Å². The Morgan fingerprint density at radius 3 is 2.77 bits per heavy atom. The monoisotopic (exact) mass is 356 g/mol. The molecule has 0 aliphatic heterocycles. The van der Waals surface area contributed by atoms with Crippen molar-refractivity contribution in [3.05, 3.63) is 48.1 Å². The maximum Gasteiger partial charge on any atom is 0.129 e. The largest absolute Gasteiger partial charge is 0.393 e. The van der Waals surface area contributed by atoms with Gasteiger partial charge in [0.2, 0.25) is 0 Å². The lowest BCUT2D eigenvalue weighted by molar-refractivity contribution is -0.117. The van der Waals surface area contributed by atoms with Gasteiger partial charge in [-0.1, -0.05) is 48.1 Å². The van der Waals surface area contributed by atoms with E-state index in [0.717, 1.165) is 38.5 Å². The lowest BCUT2D eigenvalue weighted by atomic mass is 9.90. The van der Waals surface area contributed by atoms with E-state index in [1.165, 1.54) is 31.3 Å². The number of hydrogen-bond donors (Lipinski definition) is 1. The molecule has 0 spiro atoms. The molecule has 3 atom stereocenters. The van der Waals surface area contributed by atoms with Crippen molar-refractivity contribution in [1.29, 1.82) is 0 Å². The van der Waals surface area contributed by atoms with Crippen molar-refractivity contribution < 1.29 is 9.90 Å². The molecule has 1 fully saturated rings. The molecule has 26 heavy (non-hydrogen) atoms. The second-order valence-electron chi connectivity index (χ2n) is 7.85. The van der Waals surface area contributed by atoms with Crippen LogP contribution in [0, 0.1) is 11.8 Å². The van der Waals surface area contributed by atoms with E-state index in [2.05, 4.69) is 42.5 Å². The number of Topliss-reactive ketones (excluding diaryl/α,β-unsaturated/α-hetero) is 1. The minimum Gasteiger partial charge on any atom is -0.393 e. The number of carbonyl (C=O) groups excluding carboxylic acids is 1. The first-order chi connectivity index (χ1) is 12.7. The molecular weight excluding hydrogens is 320 g/mol. The Balaban J connectivity index is 1.66. The average molecular weight is 357 g/mol. The first kappa shape index (κ1) is 20.9. The van der Waals surface area contributed by atoms with Gasteiger partial charge < -0.3 is 9.90 Å². The molecule has 2 nitrogen and oxygen atoms in total. The number of aliphatic hydroxyl groups excluding tert-OH is 1. The summed E-state index contributed by atoms with van der Waals surface area (Å²) in [5.41, 5.74) is 1.49. The number of hydrogen-bond acceptors (Lipinski definition) is 2. The van der Waals surface area contributed by atoms with Gasteiger partial charge in [0.25, 0.3) is 0 Å². The van der Waals surface area contributed by atoms with Crippen LogP contribution in [0.15, 0.2) is 48.1 Å². The minimum atomic E-state index is -0.163. The third kappa shape index (κ3) is 7.86. The van der Waals surface area contributed by atoms with Crippen LogP contribution in [0.25, 0.3) is 0 Å². The second-order valence-corrected chi connectivity index (χ2v) is 7.85. The standard InChI is InChI=1S/C24H36O2/c1-20(25)12-6-2-3-11-17-23-22(18-19-24(23)26)16-10-5-9-15-21-13-7-4-8-14-21/h3,7,10-11,13-14,16,22-24,26H,2,4-6,8-9,12,15,17-19H2,1H3/b11-3-,16-10+/t22?,23-,24+/m1/s1. The van der Waals surface area contributed by atoms with Gasteiger partial charge in [-0.15, -0.1) is 0 Å². The van der Waals surface area contributed by atoms with Crippen LogP contribution in [-0.4, -0.2) is 17.0 Å². The highest BCUT2D eigenvalue weighted by molar-refractivity contribution is 5.75. The Kier molecular flexibility index (Phi) is 9.70. The van der Waals surface area contributed by atoms with E-state index in [9.17, 15) is 9.90 Å². The molecule has 144 valence electrons. The van der Waals surface area contributed by atoms with Crippen LogP contribution >= 0.6 is 0 Å². The Morgan fingerprint density at radius 1 is 1.15 bits per heavy atom. The Labute approximate surface area is 159 Å². The fraction of sp³-hybridized carbons (Fsp3) is 0.625. The average Bonchev–Trinajstić information content (AvgIpc) is 2.98. The molecule has 0 bridgehead atoms. The zero-order valence-electron chi connectivity index (χ0n) is 16.4. The molecule has 0 aromatic carbocycles. The van der Waals surface area contributed by atoms with Gasteiger partial charge in [0.1, 0.15) is 5.78 Å². The van der Waals surface area contributed by atoms with E-state index in [0.29, 0.717) is 18.3 Å². The van der Waals surface area contributed by atoms with Crippen molar-refractivity contribution >= 4 is 5.78 Å². The van der Waals surface area contributed by atoms with Crippen LogP contribution in [0.2, 0.25) is 0 Å². The lowest BCUT2D eigenvalue weighted by Gasteiger charge is -2.17. The van der Waals surface area contributed by atoms with Gasteiger partial charge in [0.05, 0.1) is 6.10 Å². The molecule has 0 radical (unpaired) electrons. The maximum atomic E-state index is 10.9. The lowest BCUT2D eigenvalue weighted by Crippen LogP contribution is -2.17. The third-order valence-electron chi connectivity index (χ3n) is 5.61. The topological polar surface area (TPSA) is 37.3 Å². The van der Waals surface area contributed by atoms with Crippen LogP contribution < -0.4 is 0 Å². The van der Waals surface area contributed by atoms with Crippen molar-refractivity contribution in [2.24, 2.45) is 11.8 Å². The number of rotatable bonds is 11. The summed E-state index contributed by atoms with van der Waals surface area (Å²) >= 11 is 0. The van der Waals surface area contributed by atoms with E-state index in [4.69, 9.17) is 0 Å². The molecule has 1 unspecified atom stereocenters. The molecule has 0 aromatic rings. The van der Waals surface area contributed by atoms with Gasteiger partial charge in [-0.2, -0.15) is 0 Å². The summed E-state index contributed by atoms with van der Waals surface area (Å²) < 4.78 is 0. The third-order valence-corrected chi connectivity index (χ3v) is 5.61. The van der Waals surface area contributed by atoms with E-state index in [1.807, 2.05) is 0 Å². The van der Waals surface area contributed by atoms with Crippen molar-refractivity contribution in [2.45, 2.75) is 83.7 Å². The van der Waals surface area contributed by atoms with E-state index < -0.39 is 0 Å². The van der Waals surface area contributed by atoms with Crippen LogP contribution in [0.3, 0.4) is 0 Å². The van der Waals surface area contributed by atoms with Crippen molar-refractivity contribution in [3.63, 3.8) is 0 Å². The molecule has 2 rings (SSSR count). The first-order valence-electron chi connectivity index (χ1n) is 10.5. The Morgan fingerprint density at radius 2 is 2.00 bits per heavy atom. The minimum absolute atomic E-state index is 0.163. The number of allylic oxidation sites excluding steroid dienone is 8. The molecule has 0 heterocycles. The normalized spacial score (nSPS) is 26.1. The van der Waals surface area contributed by atoms with Crippen molar-refractivity contribution in [3.8, 4) is 0 Å². The molecular formula is C24H36O2. The smallest absolute Gasteiger partial charge is 0.129 e. The zero-order valence-corrected chi connectivity index (χ0v) is 16.4. The number of aliphatic hydroxyl groups is 1. The van der Waals surface area contributed by atoms with Crippen LogP contribution in [0.5, 0.6) is 0 Å². The molecule has 2 aliphatic rings. The summed E-state index contributed by atoms with van der Waals surface area (Å²) in [4.78, 5) is 10.9. The van der Waals surface area contributed by atoms with Gasteiger partial charge in [-0.3, -0.25) is 0 Å². The highest BCUT2D eigenvalue weighted by atomic mass is 16.3. The van der Waals surface area contributed by atoms with Crippen LogP contribution in [0.4, 0.5) is 0 Å². The summed E-state index contributed by atoms with van der Waals surface area (Å²) in [7, 11) is 0. The maximum absolute atomic E-state index is 10.9. The summed E-state index contributed by atoms with van der Waals surface area (Å²) in [6.07, 6.45) is 27.3. The predicted molar refractivity (Wildman–Crippen MR) is 110 cm³/mol. The Hall–Kier alpha value is -1.41. The SMILES string of the molecule is CC(=O)CCC/C=C\C[C@@H]1C(/C=C/CCCC2=CCCC=C2)CC[C@@H]1O.